The Labute approximate surface area is 166 Å². The molecule has 6 heteroatoms. The lowest BCUT2D eigenvalue weighted by Gasteiger charge is -2.42. The van der Waals surface area contributed by atoms with Gasteiger partial charge >= 0.3 is 0 Å². The van der Waals surface area contributed by atoms with Gasteiger partial charge in [-0.15, -0.1) is 0 Å². The van der Waals surface area contributed by atoms with E-state index >= 15 is 0 Å². The molecule has 0 aromatic heterocycles. The Kier molecular flexibility index (Phi) is 8.20. The van der Waals surface area contributed by atoms with Crippen molar-refractivity contribution in [3.63, 3.8) is 0 Å². The van der Waals surface area contributed by atoms with Gasteiger partial charge in [0.05, 0.1) is 27.4 Å². The summed E-state index contributed by atoms with van der Waals surface area (Å²) in [6.45, 7) is 15.5. The number of hydrogen-bond acceptors (Lipinski definition) is 5. The molecule has 0 fully saturated rings. The maximum absolute atomic E-state index is 9.73. The van der Waals surface area contributed by atoms with Crippen molar-refractivity contribution in [3.8, 4) is 17.2 Å². The number of aliphatic hydroxyl groups is 1. The summed E-state index contributed by atoms with van der Waals surface area (Å²) < 4.78 is 23.3. The van der Waals surface area contributed by atoms with Crippen LogP contribution in [-0.2, 0) is 4.43 Å². The largest absolute Gasteiger partial charge is 0.493 e. The number of benzene rings is 1. The molecule has 0 aliphatic heterocycles. The highest BCUT2D eigenvalue weighted by Gasteiger charge is 2.41. The number of rotatable bonds is 9. The highest BCUT2D eigenvalue weighted by atomic mass is 28.4. The first-order valence-electron chi connectivity index (χ1n) is 9.52. The zero-order valence-corrected chi connectivity index (χ0v) is 19.7. The van der Waals surface area contributed by atoms with Crippen LogP contribution in [0.2, 0.25) is 18.1 Å². The molecule has 0 saturated heterocycles. The van der Waals surface area contributed by atoms with E-state index in [1.165, 1.54) is 0 Å². The van der Waals surface area contributed by atoms with Crippen LogP contribution in [0.3, 0.4) is 0 Å². The van der Waals surface area contributed by atoms with E-state index < -0.39 is 8.32 Å². The molecule has 0 radical (unpaired) electrons. The first-order chi connectivity index (χ1) is 12.4. The van der Waals surface area contributed by atoms with Gasteiger partial charge in [-0.3, -0.25) is 0 Å². The fraction of sp³-hybridized carbons (Fsp3) is 0.714. The summed E-state index contributed by atoms with van der Waals surface area (Å²) in [7, 11) is 2.78. The number of hydrogen-bond donors (Lipinski definition) is 1. The first kappa shape index (κ1) is 23.8. The molecule has 0 aliphatic rings. The Morgan fingerprint density at radius 2 is 1.44 bits per heavy atom. The summed E-state index contributed by atoms with van der Waals surface area (Å²) in [5.74, 6) is 2.00. The second-order valence-electron chi connectivity index (χ2n) is 8.78. The van der Waals surface area contributed by atoms with Crippen LogP contribution < -0.4 is 14.2 Å². The predicted molar refractivity (Wildman–Crippen MR) is 113 cm³/mol. The lowest BCUT2D eigenvalue weighted by Crippen LogP contribution is -2.43. The Morgan fingerprint density at radius 3 is 1.78 bits per heavy atom. The topological polar surface area (TPSA) is 57.2 Å². The monoisotopic (exact) mass is 398 g/mol. The molecule has 0 heterocycles. The summed E-state index contributed by atoms with van der Waals surface area (Å²) >= 11 is 0. The second-order valence-corrected chi connectivity index (χ2v) is 13.5. The molecule has 0 unspecified atom stereocenters. The third-order valence-electron chi connectivity index (χ3n) is 5.91. The van der Waals surface area contributed by atoms with Gasteiger partial charge in [0, 0.05) is 6.61 Å². The fourth-order valence-electron chi connectivity index (χ4n) is 2.70. The van der Waals surface area contributed by atoms with Crippen molar-refractivity contribution in [1.29, 1.82) is 0 Å². The van der Waals surface area contributed by atoms with Crippen LogP contribution in [0.1, 0.15) is 46.3 Å². The molecular weight excluding hydrogens is 360 g/mol. The highest BCUT2D eigenvalue weighted by molar-refractivity contribution is 6.74. The third-order valence-corrected chi connectivity index (χ3v) is 10.4. The maximum atomic E-state index is 9.73. The summed E-state index contributed by atoms with van der Waals surface area (Å²) in [6.07, 6.45) is -0.179. The number of ether oxygens (including phenoxy) is 3. The van der Waals surface area contributed by atoms with E-state index in [9.17, 15) is 5.11 Å². The lowest BCUT2D eigenvalue weighted by atomic mass is 9.87. The first-order valence-corrected chi connectivity index (χ1v) is 12.4. The molecule has 1 rings (SSSR count). The van der Waals surface area contributed by atoms with Gasteiger partial charge < -0.3 is 23.7 Å². The minimum Gasteiger partial charge on any atom is -0.493 e. The Bertz CT molecular complexity index is 584. The van der Waals surface area contributed by atoms with Gasteiger partial charge in [0.1, 0.15) is 0 Å². The average Bonchev–Trinajstić information content (AvgIpc) is 2.62. The van der Waals surface area contributed by atoms with E-state index in [1.807, 2.05) is 19.1 Å². The molecule has 1 aromatic rings. The van der Waals surface area contributed by atoms with Crippen molar-refractivity contribution in [3.05, 3.63) is 17.7 Å². The van der Waals surface area contributed by atoms with Crippen molar-refractivity contribution in [2.24, 2.45) is 11.8 Å². The second kappa shape index (κ2) is 9.30. The normalized spacial score (nSPS) is 15.8. The Morgan fingerprint density at radius 1 is 0.963 bits per heavy atom. The van der Waals surface area contributed by atoms with Gasteiger partial charge in [0.25, 0.3) is 0 Å². The lowest BCUT2D eigenvalue weighted by molar-refractivity contribution is 0.0717. The van der Waals surface area contributed by atoms with Gasteiger partial charge in [0.2, 0.25) is 5.75 Å². The molecule has 27 heavy (non-hydrogen) atoms. The van der Waals surface area contributed by atoms with E-state index in [1.54, 1.807) is 21.3 Å². The van der Waals surface area contributed by atoms with Crippen molar-refractivity contribution in [1.82, 2.24) is 0 Å². The van der Waals surface area contributed by atoms with Gasteiger partial charge in [-0.1, -0.05) is 34.6 Å². The van der Waals surface area contributed by atoms with Crippen LogP contribution in [-0.4, -0.2) is 41.4 Å². The van der Waals surface area contributed by atoms with Gasteiger partial charge in [-0.25, -0.2) is 0 Å². The molecule has 0 spiro atoms. The van der Waals surface area contributed by atoms with Crippen molar-refractivity contribution < 1.29 is 23.7 Å². The minimum atomic E-state index is -2.04. The molecular formula is C21H38O5Si. The van der Waals surface area contributed by atoms with Crippen molar-refractivity contribution in [2.45, 2.75) is 58.9 Å². The van der Waals surface area contributed by atoms with Gasteiger partial charge in [-0.2, -0.15) is 0 Å². The molecule has 0 saturated carbocycles. The van der Waals surface area contributed by atoms with Crippen LogP contribution in [0, 0.1) is 11.8 Å². The Hall–Kier alpha value is -1.24. The SMILES string of the molecule is COc1cc([C@@H](O[Si](C)(C)C(C)(C)C)[C@@H](C)[C@@H](C)CO)cc(OC)c1OC. The van der Waals surface area contributed by atoms with Crippen LogP contribution in [0.4, 0.5) is 0 Å². The van der Waals surface area contributed by atoms with Crippen LogP contribution in [0.15, 0.2) is 12.1 Å². The van der Waals surface area contributed by atoms with Crippen molar-refractivity contribution in [2.75, 3.05) is 27.9 Å². The molecule has 0 bridgehead atoms. The summed E-state index contributed by atoms with van der Waals surface area (Å²) in [5, 5.41) is 9.81. The summed E-state index contributed by atoms with van der Waals surface area (Å²) in [6, 6.07) is 3.92. The Balaban J connectivity index is 3.51. The molecule has 5 nitrogen and oxygen atoms in total. The molecule has 3 atom stereocenters. The maximum Gasteiger partial charge on any atom is 0.203 e. The van der Waals surface area contributed by atoms with Gasteiger partial charge in [0.15, 0.2) is 19.8 Å². The molecule has 0 aliphatic carbocycles. The molecule has 1 N–H and O–H groups in total. The summed E-state index contributed by atoms with van der Waals surface area (Å²) in [4.78, 5) is 0. The zero-order chi connectivity index (χ0) is 21.0. The van der Waals surface area contributed by atoms with E-state index in [2.05, 4.69) is 40.8 Å². The van der Waals surface area contributed by atoms with Gasteiger partial charge in [-0.05, 0) is 47.7 Å². The van der Waals surface area contributed by atoms with E-state index in [0.717, 1.165) is 5.56 Å². The van der Waals surface area contributed by atoms with Crippen LogP contribution >= 0.6 is 0 Å². The van der Waals surface area contributed by atoms with Crippen LogP contribution in [0.25, 0.3) is 0 Å². The smallest absolute Gasteiger partial charge is 0.203 e. The standard InChI is InChI=1S/C21H38O5Si/c1-14(13-22)15(2)19(26-27(9,10)21(3,4)5)16-11-17(23-6)20(25-8)18(12-16)24-7/h11-12,14-15,19,22H,13H2,1-10H3/t14-,15-,19-/m0/s1. The van der Waals surface area contributed by atoms with E-state index in [4.69, 9.17) is 18.6 Å². The predicted octanol–water partition coefficient (Wildman–Crippen LogP) is 5.04. The number of aliphatic hydroxyl groups excluding tert-OH is 1. The van der Waals surface area contributed by atoms with Crippen LogP contribution in [0.5, 0.6) is 17.2 Å². The quantitative estimate of drug-likeness (QED) is 0.591. The summed E-state index contributed by atoms with van der Waals surface area (Å²) in [5.41, 5.74) is 0.974. The number of methoxy groups -OCH3 is 3. The van der Waals surface area contributed by atoms with E-state index in [-0.39, 0.29) is 29.6 Å². The molecule has 156 valence electrons. The fourth-order valence-corrected chi connectivity index (χ4v) is 4.04. The third kappa shape index (κ3) is 5.39. The zero-order valence-electron chi connectivity index (χ0n) is 18.7. The van der Waals surface area contributed by atoms with Crippen molar-refractivity contribution >= 4 is 8.32 Å². The highest BCUT2D eigenvalue weighted by Crippen LogP contribution is 2.46. The molecule has 1 aromatic carbocycles. The average molecular weight is 399 g/mol. The minimum absolute atomic E-state index is 0.0774. The van der Waals surface area contributed by atoms with E-state index in [0.29, 0.717) is 17.2 Å². The molecule has 0 amide bonds.